The maximum Gasteiger partial charge on any atom is 0.264 e. The summed E-state index contributed by atoms with van der Waals surface area (Å²) in [5.41, 5.74) is 3.14. The molecular formula is C27H30N2O5S. The summed E-state index contributed by atoms with van der Waals surface area (Å²) in [6.07, 6.45) is 0.642. The van der Waals surface area contributed by atoms with E-state index in [0.717, 1.165) is 11.1 Å². The molecule has 0 fully saturated rings. The molecule has 0 unspecified atom stereocenters. The Balaban J connectivity index is 1.71. The van der Waals surface area contributed by atoms with Crippen LogP contribution in [-0.2, 0) is 21.9 Å². The number of benzene rings is 3. The Kier molecular flexibility index (Phi) is 6.51. The van der Waals surface area contributed by atoms with Crippen LogP contribution in [0.15, 0.2) is 65.6 Å². The van der Waals surface area contributed by atoms with Gasteiger partial charge in [0.05, 0.1) is 36.1 Å². The first-order valence-electron chi connectivity index (χ1n) is 11.3. The number of methoxy groups -OCH3 is 2. The molecule has 8 heteroatoms. The Morgan fingerprint density at radius 1 is 0.943 bits per heavy atom. The number of sulfonamides is 1. The van der Waals surface area contributed by atoms with E-state index in [-0.39, 0.29) is 21.6 Å². The van der Waals surface area contributed by atoms with Gasteiger partial charge in [-0.25, -0.2) is 8.42 Å². The van der Waals surface area contributed by atoms with Crippen molar-refractivity contribution in [3.8, 4) is 11.5 Å². The van der Waals surface area contributed by atoms with Crippen LogP contribution in [-0.4, -0.2) is 35.1 Å². The van der Waals surface area contributed by atoms with Gasteiger partial charge in [-0.15, -0.1) is 0 Å². The number of rotatable bonds is 6. The predicted molar refractivity (Wildman–Crippen MR) is 137 cm³/mol. The molecule has 0 aromatic heterocycles. The second kappa shape index (κ2) is 9.26. The third kappa shape index (κ3) is 4.71. The van der Waals surface area contributed by atoms with Crippen molar-refractivity contribution in [2.24, 2.45) is 0 Å². The first-order valence-corrected chi connectivity index (χ1v) is 12.8. The Bertz CT molecular complexity index is 1380. The summed E-state index contributed by atoms with van der Waals surface area (Å²) in [6, 6.07) is 17.4. The number of anilines is 2. The minimum absolute atomic E-state index is 0.0237. The van der Waals surface area contributed by atoms with Crippen LogP contribution in [0.5, 0.6) is 11.5 Å². The number of ether oxygens (including phenoxy) is 2. The molecule has 0 saturated carbocycles. The van der Waals surface area contributed by atoms with Crippen molar-refractivity contribution in [2.45, 2.75) is 37.5 Å². The fraction of sp³-hybridized carbons (Fsp3) is 0.296. The second-order valence-corrected chi connectivity index (χ2v) is 11.3. The van der Waals surface area contributed by atoms with Gasteiger partial charge in [-0.05, 0) is 59.4 Å². The molecule has 0 saturated heterocycles. The lowest BCUT2D eigenvalue weighted by molar-refractivity contribution is 0.102. The van der Waals surface area contributed by atoms with Crippen LogP contribution >= 0.6 is 0 Å². The molecule has 4 rings (SSSR count). The highest BCUT2D eigenvalue weighted by molar-refractivity contribution is 7.92. The Morgan fingerprint density at radius 3 is 2.31 bits per heavy atom. The summed E-state index contributed by atoms with van der Waals surface area (Å²) < 4.78 is 39.3. The van der Waals surface area contributed by atoms with Crippen molar-refractivity contribution in [1.82, 2.24) is 0 Å². The van der Waals surface area contributed by atoms with E-state index in [4.69, 9.17) is 9.47 Å². The summed E-state index contributed by atoms with van der Waals surface area (Å²) in [4.78, 5) is 13.4. The number of nitrogens with zero attached hydrogens (tertiary/aromatic N) is 1. The average molecular weight is 495 g/mol. The minimum Gasteiger partial charge on any atom is -0.496 e. The lowest BCUT2D eigenvalue weighted by Gasteiger charge is -2.22. The van der Waals surface area contributed by atoms with Gasteiger partial charge < -0.3 is 14.8 Å². The van der Waals surface area contributed by atoms with Gasteiger partial charge in [-0.3, -0.25) is 9.10 Å². The third-order valence-electron chi connectivity index (χ3n) is 6.16. The highest BCUT2D eigenvalue weighted by atomic mass is 32.2. The van der Waals surface area contributed by atoms with Crippen LogP contribution in [0.2, 0.25) is 0 Å². The van der Waals surface area contributed by atoms with Gasteiger partial charge in [0.1, 0.15) is 11.5 Å². The molecule has 1 aliphatic heterocycles. The molecule has 0 atom stereocenters. The molecular weight excluding hydrogens is 464 g/mol. The molecule has 1 N–H and O–H groups in total. The molecule has 0 radical (unpaired) electrons. The number of hydrogen-bond donors (Lipinski definition) is 1. The summed E-state index contributed by atoms with van der Waals surface area (Å²) >= 11 is 0. The van der Waals surface area contributed by atoms with Gasteiger partial charge in [-0.1, -0.05) is 45.0 Å². The maximum absolute atomic E-state index is 13.5. The maximum atomic E-state index is 13.5. The standard InChI is InChI=1S/C27H30N2O5S/c1-27(2,3)19-10-12-25(34-5)22(16-19)28-26(30)21-17-20(11-13-24(21)33-4)35(31,32)29-15-14-18-8-6-7-9-23(18)29/h6-13,16-17H,14-15H2,1-5H3,(H,28,30). The van der Waals surface area contributed by atoms with Gasteiger partial charge in [0.2, 0.25) is 0 Å². The summed E-state index contributed by atoms with van der Waals surface area (Å²) in [7, 11) is -0.898. The van der Waals surface area contributed by atoms with E-state index < -0.39 is 15.9 Å². The molecule has 3 aromatic carbocycles. The van der Waals surface area contributed by atoms with Crippen molar-refractivity contribution >= 4 is 27.3 Å². The molecule has 7 nitrogen and oxygen atoms in total. The largest absolute Gasteiger partial charge is 0.496 e. The van der Waals surface area contributed by atoms with Crippen molar-refractivity contribution in [1.29, 1.82) is 0 Å². The summed E-state index contributed by atoms with van der Waals surface area (Å²) in [5.74, 6) is 0.280. The van der Waals surface area contributed by atoms with E-state index >= 15 is 0 Å². The summed E-state index contributed by atoms with van der Waals surface area (Å²) in [6.45, 7) is 6.59. The molecule has 35 heavy (non-hydrogen) atoms. The summed E-state index contributed by atoms with van der Waals surface area (Å²) in [5, 5.41) is 2.88. The van der Waals surface area contributed by atoms with Gasteiger partial charge in [-0.2, -0.15) is 0 Å². The van der Waals surface area contributed by atoms with Crippen molar-refractivity contribution in [3.05, 3.63) is 77.4 Å². The predicted octanol–water partition coefficient (Wildman–Crippen LogP) is 5.01. The fourth-order valence-corrected chi connectivity index (χ4v) is 5.70. The van der Waals surface area contributed by atoms with Crippen LogP contribution in [0.1, 0.15) is 42.3 Å². The van der Waals surface area contributed by atoms with Gasteiger partial charge in [0.15, 0.2) is 0 Å². The molecule has 1 heterocycles. The molecule has 0 aliphatic carbocycles. The number of nitrogens with one attached hydrogen (secondary N) is 1. The number of fused-ring (bicyclic) bond motifs is 1. The monoisotopic (exact) mass is 494 g/mol. The third-order valence-corrected chi connectivity index (χ3v) is 7.97. The zero-order chi connectivity index (χ0) is 25.4. The fourth-order valence-electron chi connectivity index (χ4n) is 4.17. The van der Waals surface area contributed by atoms with E-state index in [1.54, 1.807) is 12.1 Å². The molecule has 1 aliphatic rings. The topological polar surface area (TPSA) is 84.9 Å². The van der Waals surface area contributed by atoms with Crippen molar-refractivity contribution in [2.75, 3.05) is 30.4 Å². The Hall–Kier alpha value is -3.52. The molecule has 3 aromatic rings. The van der Waals surface area contributed by atoms with Gasteiger partial charge in [0.25, 0.3) is 15.9 Å². The lowest BCUT2D eigenvalue weighted by atomic mass is 9.87. The van der Waals surface area contributed by atoms with E-state index in [1.165, 1.54) is 36.7 Å². The van der Waals surface area contributed by atoms with Crippen LogP contribution < -0.4 is 19.1 Å². The van der Waals surface area contributed by atoms with E-state index in [2.05, 4.69) is 26.1 Å². The SMILES string of the molecule is COc1ccc(C(C)(C)C)cc1NC(=O)c1cc(S(=O)(=O)N2CCc3ccccc32)ccc1OC. The average Bonchev–Trinajstić information content (AvgIpc) is 3.28. The Morgan fingerprint density at radius 2 is 1.63 bits per heavy atom. The quantitative estimate of drug-likeness (QED) is 0.521. The second-order valence-electron chi connectivity index (χ2n) is 9.44. The Labute approximate surface area is 206 Å². The first-order chi connectivity index (χ1) is 16.6. The molecule has 0 bridgehead atoms. The van der Waals surface area contributed by atoms with Gasteiger partial charge in [0, 0.05) is 6.54 Å². The van der Waals surface area contributed by atoms with Crippen molar-refractivity contribution in [3.63, 3.8) is 0 Å². The number of carbonyl (C=O) groups is 1. The number of carbonyl (C=O) groups excluding carboxylic acids is 1. The normalized spacial score (nSPS) is 13.3. The molecule has 1 amide bonds. The number of para-hydroxylation sites is 1. The zero-order valence-corrected chi connectivity index (χ0v) is 21.4. The minimum atomic E-state index is -3.87. The van der Waals surface area contributed by atoms with E-state index in [1.807, 2.05) is 30.3 Å². The lowest BCUT2D eigenvalue weighted by Crippen LogP contribution is -2.29. The van der Waals surface area contributed by atoms with Crippen LogP contribution in [0.4, 0.5) is 11.4 Å². The number of amides is 1. The molecule has 184 valence electrons. The first kappa shape index (κ1) is 24.6. The van der Waals surface area contributed by atoms with E-state index in [9.17, 15) is 13.2 Å². The van der Waals surface area contributed by atoms with Crippen LogP contribution in [0.3, 0.4) is 0 Å². The van der Waals surface area contributed by atoms with E-state index in [0.29, 0.717) is 30.1 Å². The van der Waals surface area contributed by atoms with Crippen molar-refractivity contribution < 1.29 is 22.7 Å². The number of hydrogen-bond acceptors (Lipinski definition) is 5. The smallest absolute Gasteiger partial charge is 0.264 e. The zero-order valence-electron chi connectivity index (χ0n) is 20.6. The highest BCUT2D eigenvalue weighted by Gasteiger charge is 2.31. The highest BCUT2D eigenvalue weighted by Crippen LogP contribution is 2.35. The molecule has 0 spiro atoms. The van der Waals surface area contributed by atoms with Crippen LogP contribution in [0, 0.1) is 0 Å². The van der Waals surface area contributed by atoms with Gasteiger partial charge >= 0.3 is 0 Å². The van der Waals surface area contributed by atoms with Crippen LogP contribution in [0.25, 0.3) is 0 Å².